The van der Waals surface area contributed by atoms with E-state index in [1.54, 1.807) is 24.3 Å². The van der Waals surface area contributed by atoms with E-state index in [1.165, 1.54) is 12.5 Å². The van der Waals surface area contributed by atoms with E-state index >= 15 is 0 Å². The molecule has 0 radical (unpaired) electrons. The van der Waals surface area contributed by atoms with Crippen LogP contribution in [0.5, 0.6) is 0 Å². The predicted octanol–water partition coefficient (Wildman–Crippen LogP) is 1.90. The summed E-state index contributed by atoms with van der Waals surface area (Å²) in [4.78, 5) is 30.4. The topological polar surface area (TPSA) is 84.7 Å². The van der Waals surface area contributed by atoms with Crippen molar-refractivity contribution in [1.29, 1.82) is 0 Å². The molecule has 0 unspecified atom stereocenters. The molecule has 0 aliphatic rings. The lowest BCUT2D eigenvalue weighted by Crippen LogP contribution is -2.36. The molecule has 0 atom stereocenters. The van der Waals surface area contributed by atoms with Crippen LogP contribution in [0.25, 0.3) is 0 Å². The molecule has 0 aliphatic carbocycles. The van der Waals surface area contributed by atoms with Crippen LogP contribution in [0.15, 0.2) is 47.4 Å². The monoisotopic (exact) mass is 359 g/mol. The number of rotatable bonds is 11. The molecular weight excluding hydrogens is 334 g/mol. The van der Waals surface area contributed by atoms with Gasteiger partial charge in [-0.05, 0) is 24.6 Å². The molecule has 2 heterocycles. The third kappa shape index (κ3) is 6.68. The number of ether oxygens (including phenoxy) is 1. The molecule has 7 heteroatoms. The number of hydrogen-bond acceptors (Lipinski definition) is 5. The summed E-state index contributed by atoms with van der Waals surface area (Å²) in [6.45, 7) is 1.96. The number of aromatic nitrogens is 1. The second-order valence-electron chi connectivity index (χ2n) is 5.82. The maximum Gasteiger partial charge on any atom is 0.257 e. The van der Waals surface area contributed by atoms with Crippen LogP contribution in [0.2, 0.25) is 0 Å². The van der Waals surface area contributed by atoms with Gasteiger partial charge in [-0.1, -0.05) is 6.07 Å². The minimum atomic E-state index is -0.142. The van der Waals surface area contributed by atoms with Gasteiger partial charge in [0.2, 0.25) is 5.91 Å². The third-order valence-electron chi connectivity index (χ3n) is 3.87. The number of nitrogens with one attached hydrogen (secondary N) is 1. The van der Waals surface area contributed by atoms with E-state index in [0.717, 1.165) is 5.69 Å². The number of amides is 2. The Morgan fingerprint density at radius 2 is 2.15 bits per heavy atom. The van der Waals surface area contributed by atoms with E-state index in [9.17, 15) is 9.59 Å². The number of hydrogen-bond donors (Lipinski definition) is 1. The van der Waals surface area contributed by atoms with Crippen LogP contribution in [0.1, 0.15) is 28.9 Å². The number of carbonyl (C=O) groups is 2. The molecule has 1 N–H and O–H groups in total. The molecule has 0 spiro atoms. The lowest BCUT2D eigenvalue weighted by molar-refractivity contribution is -0.121. The number of methoxy groups -OCH3 is 1. The average Bonchev–Trinajstić information content (AvgIpc) is 3.19. The van der Waals surface area contributed by atoms with E-state index in [-0.39, 0.29) is 18.2 Å². The Morgan fingerprint density at radius 3 is 2.85 bits per heavy atom. The molecule has 0 bridgehead atoms. The van der Waals surface area contributed by atoms with Gasteiger partial charge in [0.05, 0.1) is 11.8 Å². The maximum absolute atomic E-state index is 12.5. The summed E-state index contributed by atoms with van der Waals surface area (Å²) in [6, 6.07) is 7.33. The van der Waals surface area contributed by atoms with Gasteiger partial charge < -0.3 is 19.4 Å². The molecule has 0 fully saturated rings. The summed E-state index contributed by atoms with van der Waals surface area (Å²) in [5.74, 6) is -0.228. The van der Waals surface area contributed by atoms with Gasteiger partial charge in [-0.25, -0.2) is 0 Å². The Bertz CT molecular complexity index is 659. The largest absolute Gasteiger partial charge is 0.472 e. The zero-order valence-corrected chi connectivity index (χ0v) is 15.0. The summed E-state index contributed by atoms with van der Waals surface area (Å²) in [7, 11) is 1.62. The fourth-order valence-corrected chi connectivity index (χ4v) is 2.48. The lowest BCUT2D eigenvalue weighted by atomic mass is 10.2. The lowest BCUT2D eigenvalue weighted by Gasteiger charge is -2.21. The fraction of sp³-hybridized carbons (Fsp3) is 0.421. The van der Waals surface area contributed by atoms with Crippen LogP contribution in [0.4, 0.5) is 0 Å². The molecule has 2 amide bonds. The molecule has 7 nitrogen and oxygen atoms in total. The first-order valence-corrected chi connectivity index (χ1v) is 8.67. The smallest absolute Gasteiger partial charge is 0.257 e. The van der Waals surface area contributed by atoms with Crippen LogP contribution in [0.3, 0.4) is 0 Å². The highest BCUT2D eigenvalue weighted by Gasteiger charge is 2.17. The van der Waals surface area contributed by atoms with Gasteiger partial charge in [0.25, 0.3) is 5.91 Å². The number of pyridine rings is 1. The Hall–Kier alpha value is -2.67. The van der Waals surface area contributed by atoms with Crippen LogP contribution >= 0.6 is 0 Å². The van der Waals surface area contributed by atoms with E-state index in [4.69, 9.17) is 9.15 Å². The zero-order chi connectivity index (χ0) is 18.6. The Balaban J connectivity index is 1.77. The molecule has 2 aromatic rings. The van der Waals surface area contributed by atoms with Crippen LogP contribution in [-0.4, -0.2) is 55.0 Å². The van der Waals surface area contributed by atoms with Crippen molar-refractivity contribution in [2.75, 3.05) is 33.4 Å². The first-order chi connectivity index (χ1) is 12.7. The molecule has 26 heavy (non-hydrogen) atoms. The second kappa shape index (κ2) is 11.0. The van der Waals surface area contributed by atoms with E-state index in [2.05, 4.69) is 10.3 Å². The highest BCUT2D eigenvalue weighted by molar-refractivity contribution is 5.94. The average molecular weight is 359 g/mol. The molecule has 2 rings (SSSR count). The van der Waals surface area contributed by atoms with Crippen molar-refractivity contribution >= 4 is 11.8 Å². The van der Waals surface area contributed by atoms with Crippen LogP contribution < -0.4 is 5.32 Å². The number of nitrogens with zero attached hydrogens (tertiary/aromatic N) is 2. The van der Waals surface area contributed by atoms with Gasteiger partial charge in [-0.3, -0.25) is 14.6 Å². The first kappa shape index (κ1) is 19.7. The maximum atomic E-state index is 12.5. The predicted molar refractivity (Wildman–Crippen MR) is 96.7 cm³/mol. The summed E-state index contributed by atoms with van der Waals surface area (Å²) in [5.41, 5.74) is 1.42. The zero-order valence-electron chi connectivity index (χ0n) is 15.0. The molecule has 0 aliphatic heterocycles. The van der Waals surface area contributed by atoms with Crippen LogP contribution in [-0.2, 0) is 16.0 Å². The molecule has 0 aromatic carbocycles. The molecule has 0 saturated heterocycles. The Morgan fingerprint density at radius 1 is 1.27 bits per heavy atom. The normalized spacial score (nSPS) is 10.5. The van der Waals surface area contributed by atoms with Gasteiger partial charge in [-0.15, -0.1) is 0 Å². The van der Waals surface area contributed by atoms with E-state index < -0.39 is 0 Å². The fourth-order valence-electron chi connectivity index (χ4n) is 2.48. The van der Waals surface area contributed by atoms with Gasteiger partial charge in [0.15, 0.2) is 0 Å². The Kier molecular flexibility index (Phi) is 8.35. The molecular formula is C19H25N3O4. The second-order valence-corrected chi connectivity index (χ2v) is 5.82. The highest BCUT2D eigenvalue weighted by Crippen LogP contribution is 2.07. The number of furan rings is 1. The van der Waals surface area contributed by atoms with Crippen molar-refractivity contribution in [2.24, 2.45) is 0 Å². The number of carbonyl (C=O) groups excluding carboxylic acids is 2. The summed E-state index contributed by atoms with van der Waals surface area (Å²) >= 11 is 0. The molecule has 0 saturated carbocycles. The van der Waals surface area contributed by atoms with Gasteiger partial charge in [0.1, 0.15) is 6.26 Å². The minimum absolute atomic E-state index is 0.0855. The van der Waals surface area contributed by atoms with Gasteiger partial charge in [0, 0.05) is 58.1 Å². The van der Waals surface area contributed by atoms with Gasteiger partial charge >= 0.3 is 0 Å². The summed E-state index contributed by atoms with van der Waals surface area (Å²) < 4.78 is 10.0. The van der Waals surface area contributed by atoms with Gasteiger partial charge in [-0.2, -0.15) is 0 Å². The summed E-state index contributed by atoms with van der Waals surface area (Å²) in [6.07, 6.45) is 6.25. The minimum Gasteiger partial charge on any atom is -0.472 e. The van der Waals surface area contributed by atoms with E-state index in [0.29, 0.717) is 44.6 Å². The van der Waals surface area contributed by atoms with Crippen molar-refractivity contribution in [3.8, 4) is 0 Å². The van der Waals surface area contributed by atoms with Crippen molar-refractivity contribution in [1.82, 2.24) is 15.2 Å². The van der Waals surface area contributed by atoms with Crippen molar-refractivity contribution in [2.45, 2.75) is 19.3 Å². The summed E-state index contributed by atoms with van der Waals surface area (Å²) in [5, 5.41) is 2.87. The standard InChI is InChI=1S/C19H25N3O4/c1-25-13-4-11-22(19(24)16-8-14-26-15-16)12-7-18(23)21-10-6-17-5-2-3-9-20-17/h2-3,5,8-9,14-15H,4,6-7,10-13H2,1H3,(H,21,23). The van der Waals surface area contributed by atoms with E-state index in [1.807, 2.05) is 18.2 Å². The Labute approximate surface area is 153 Å². The van der Waals surface area contributed by atoms with Crippen molar-refractivity contribution in [3.05, 3.63) is 54.2 Å². The molecule has 2 aromatic heterocycles. The molecule has 140 valence electrons. The SMILES string of the molecule is COCCCN(CCC(=O)NCCc1ccccn1)C(=O)c1ccoc1. The van der Waals surface area contributed by atoms with Crippen molar-refractivity contribution < 1.29 is 18.7 Å². The third-order valence-corrected chi connectivity index (χ3v) is 3.87. The first-order valence-electron chi connectivity index (χ1n) is 8.67. The van der Waals surface area contributed by atoms with Crippen LogP contribution in [0, 0.1) is 0 Å². The quantitative estimate of drug-likeness (QED) is 0.620. The highest BCUT2D eigenvalue weighted by atomic mass is 16.5. The van der Waals surface area contributed by atoms with Crippen molar-refractivity contribution in [3.63, 3.8) is 0 Å².